The number of fused-ring (bicyclic) bond motifs is 1. The summed E-state index contributed by atoms with van der Waals surface area (Å²) < 4.78 is 12.6. The molecule has 0 bridgehead atoms. The summed E-state index contributed by atoms with van der Waals surface area (Å²) in [5, 5.41) is 4.44. The fourth-order valence-electron chi connectivity index (χ4n) is 2.51. The summed E-state index contributed by atoms with van der Waals surface area (Å²) in [6.45, 7) is 0. The molecule has 23 heavy (non-hydrogen) atoms. The number of nitrogens with one attached hydrogen (secondary N) is 1. The average Bonchev–Trinajstić information content (AvgIpc) is 2.95. The minimum Gasteiger partial charge on any atom is -0.399 e. The molecule has 1 aliphatic rings. The molecule has 0 radical (unpaired) electrons. The second kappa shape index (κ2) is 5.49. The van der Waals surface area contributed by atoms with Crippen LogP contribution in [0.4, 0.5) is 11.4 Å². The van der Waals surface area contributed by atoms with E-state index in [9.17, 15) is 0 Å². The summed E-state index contributed by atoms with van der Waals surface area (Å²) >= 11 is 0. The Morgan fingerprint density at radius 1 is 0.870 bits per heavy atom. The van der Waals surface area contributed by atoms with E-state index >= 15 is 0 Å². The van der Waals surface area contributed by atoms with Gasteiger partial charge in [0.25, 0.3) is 0 Å². The molecule has 1 aliphatic heterocycles. The third-order valence-corrected chi connectivity index (χ3v) is 6.00. The van der Waals surface area contributed by atoms with Crippen molar-refractivity contribution in [2.45, 2.75) is 0 Å². The van der Waals surface area contributed by atoms with Crippen LogP contribution in [0.2, 0.25) is 0 Å². The maximum absolute atomic E-state index is 6.31. The highest BCUT2D eigenvalue weighted by molar-refractivity contribution is 7.76. The third-order valence-electron chi connectivity index (χ3n) is 3.57. The lowest BCUT2D eigenvalue weighted by Crippen LogP contribution is -2.23. The Kier molecular flexibility index (Phi) is 3.32. The first-order valence-corrected chi connectivity index (χ1v) is 8.94. The molecule has 0 aliphatic carbocycles. The molecular weight excluding hydrogens is 307 g/mol. The molecule has 5 heteroatoms. The molecule has 1 atom stereocenters. The second-order valence-corrected chi connectivity index (χ2v) is 7.46. The quantitative estimate of drug-likeness (QED) is 0.559. The van der Waals surface area contributed by atoms with E-state index < -0.39 is 7.87 Å². The number of hydrogen-bond acceptors (Lipinski definition) is 4. The van der Waals surface area contributed by atoms with Gasteiger partial charge in [0.15, 0.2) is 11.1 Å². The molecule has 0 saturated heterocycles. The van der Waals surface area contributed by atoms with E-state index in [2.05, 4.69) is 5.09 Å². The van der Waals surface area contributed by atoms with Crippen molar-refractivity contribution >= 4 is 24.5 Å². The highest BCUT2D eigenvalue weighted by Gasteiger charge is 2.54. The summed E-state index contributed by atoms with van der Waals surface area (Å²) in [7, 11) is -2.53. The highest BCUT2D eigenvalue weighted by Crippen LogP contribution is 2.64. The fraction of sp³-hybridized carbons (Fsp3) is 0. The van der Waals surface area contributed by atoms with E-state index in [-0.39, 0.29) is 0 Å². The zero-order valence-corrected chi connectivity index (χ0v) is 13.2. The maximum Gasteiger partial charge on any atom is 0.491 e. The first-order chi connectivity index (χ1) is 11.3. The molecule has 3 aromatic carbocycles. The molecule has 1 heterocycles. The van der Waals surface area contributed by atoms with Crippen LogP contribution in [0, 0.1) is 0 Å². The van der Waals surface area contributed by atoms with Gasteiger partial charge in [0.1, 0.15) is 5.69 Å². The molecule has 3 N–H and O–H groups in total. The lowest BCUT2D eigenvalue weighted by Gasteiger charge is -2.18. The zero-order valence-electron chi connectivity index (χ0n) is 12.3. The third kappa shape index (κ3) is 2.58. The minimum absolute atomic E-state index is 0.658. The Morgan fingerprint density at radius 3 is 2.43 bits per heavy atom. The van der Waals surface area contributed by atoms with Crippen LogP contribution in [-0.2, 0) is 0 Å². The molecule has 4 nitrogen and oxygen atoms in total. The van der Waals surface area contributed by atoms with Gasteiger partial charge in [-0.3, -0.25) is 9.05 Å². The Morgan fingerprint density at radius 2 is 1.65 bits per heavy atom. The number of rotatable bonds is 3. The van der Waals surface area contributed by atoms with E-state index in [1.165, 1.54) is 0 Å². The lowest BCUT2D eigenvalue weighted by atomic mass is 10.3. The van der Waals surface area contributed by atoms with Crippen LogP contribution in [0.5, 0.6) is 11.5 Å². The van der Waals surface area contributed by atoms with E-state index in [0.29, 0.717) is 11.4 Å². The predicted octanol–water partition coefficient (Wildman–Crippen LogP) is 4.24. The average molecular weight is 323 g/mol. The Bertz CT molecular complexity index is 814. The minimum atomic E-state index is -2.53. The van der Waals surface area contributed by atoms with Crippen molar-refractivity contribution in [2.24, 2.45) is 0 Å². The van der Waals surface area contributed by atoms with Crippen molar-refractivity contribution in [3.05, 3.63) is 78.9 Å². The monoisotopic (exact) mass is 323 g/mol. The van der Waals surface area contributed by atoms with Crippen LogP contribution in [0.1, 0.15) is 0 Å². The summed E-state index contributed by atoms with van der Waals surface area (Å²) in [5.74, 6) is 1.48. The van der Waals surface area contributed by atoms with E-state index in [1.54, 1.807) is 6.07 Å². The summed E-state index contributed by atoms with van der Waals surface area (Å²) in [6, 6.07) is 25.2. The van der Waals surface area contributed by atoms with Crippen molar-refractivity contribution < 1.29 is 9.05 Å². The number of anilines is 2. The van der Waals surface area contributed by atoms with Crippen LogP contribution in [-0.4, -0.2) is 0 Å². The zero-order chi connectivity index (χ0) is 15.7. The van der Waals surface area contributed by atoms with Crippen LogP contribution < -0.4 is 25.2 Å². The van der Waals surface area contributed by atoms with Crippen molar-refractivity contribution in [3.63, 3.8) is 0 Å². The first-order valence-electron chi connectivity index (χ1n) is 7.32. The Hall–Kier alpha value is -2.71. The molecule has 1 unspecified atom stereocenters. The molecule has 3 aromatic rings. The Balaban J connectivity index is 1.77. The van der Waals surface area contributed by atoms with Gasteiger partial charge in [0, 0.05) is 11.8 Å². The van der Waals surface area contributed by atoms with Crippen molar-refractivity contribution in [2.75, 3.05) is 10.8 Å². The standard InChI is InChI=1S/C18H16N2O2P/c19-14-7-6-8-15(13-14)21-23(16-9-2-1-3-10-16)20-17-11-4-5-12-18(17)22-23/h1-13,20H,19H2/q+1. The van der Waals surface area contributed by atoms with Gasteiger partial charge in [0.2, 0.25) is 5.75 Å². The summed E-state index contributed by atoms with van der Waals surface area (Å²) in [4.78, 5) is 0. The van der Waals surface area contributed by atoms with Gasteiger partial charge in [-0.1, -0.05) is 36.4 Å². The molecule has 0 amide bonds. The van der Waals surface area contributed by atoms with Crippen LogP contribution in [0.25, 0.3) is 0 Å². The molecule has 0 aromatic heterocycles. The van der Waals surface area contributed by atoms with Crippen LogP contribution in [0.3, 0.4) is 0 Å². The van der Waals surface area contributed by atoms with E-state index in [4.69, 9.17) is 14.8 Å². The van der Waals surface area contributed by atoms with Crippen LogP contribution in [0.15, 0.2) is 78.9 Å². The fourth-order valence-corrected chi connectivity index (χ4v) is 4.90. The number of hydrogen-bond donors (Lipinski definition) is 2. The maximum atomic E-state index is 6.31. The van der Waals surface area contributed by atoms with E-state index in [1.807, 2.05) is 72.8 Å². The molecule has 0 spiro atoms. The lowest BCUT2D eigenvalue weighted by molar-refractivity contribution is 0.493. The van der Waals surface area contributed by atoms with Gasteiger partial charge in [-0.15, -0.1) is 0 Å². The van der Waals surface area contributed by atoms with E-state index in [0.717, 1.165) is 16.7 Å². The van der Waals surface area contributed by atoms with Gasteiger partial charge in [-0.2, -0.15) is 5.09 Å². The number of nitrogens with two attached hydrogens (primary N) is 1. The van der Waals surface area contributed by atoms with Crippen LogP contribution >= 0.6 is 7.87 Å². The smallest absolute Gasteiger partial charge is 0.399 e. The van der Waals surface area contributed by atoms with Crippen molar-refractivity contribution in [3.8, 4) is 11.5 Å². The molecular formula is C18H16N2O2P+. The SMILES string of the molecule is Nc1cccc(O[P+]2(c3ccccc3)Nc3ccccc3O2)c1. The largest absolute Gasteiger partial charge is 0.491 e. The number of benzene rings is 3. The Labute approximate surface area is 135 Å². The predicted molar refractivity (Wildman–Crippen MR) is 95.2 cm³/mol. The topological polar surface area (TPSA) is 56.5 Å². The molecule has 4 rings (SSSR count). The van der Waals surface area contributed by atoms with Crippen molar-refractivity contribution in [1.29, 1.82) is 0 Å². The van der Waals surface area contributed by atoms with Gasteiger partial charge in [-0.05, 0) is 36.4 Å². The first kappa shape index (κ1) is 13.9. The summed E-state index contributed by atoms with van der Waals surface area (Å²) in [6.07, 6.45) is 0. The van der Waals surface area contributed by atoms with Gasteiger partial charge < -0.3 is 5.73 Å². The summed E-state index contributed by atoms with van der Waals surface area (Å²) in [5.41, 5.74) is 7.47. The molecule has 114 valence electrons. The second-order valence-electron chi connectivity index (χ2n) is 5.25. The number of nitrogen functional groups attached to an aromatic ring is 1. The van der Waals surface area contributed by atoms with Gasteiger partial charge >= 0.3 is 7.87 Å². The number of para-hydroxylation sites is 2. The van der Waals surface area contributed by atoms with Gasteiger partial charge in [-0.25, -0.2) is 0 Å². The molecule has 0 fully saturated rings. The van der Waals surface area contributed by atoms with Crippen molar-refractivity contribution in [1.82, 2.24) is 0 Å². The van der Waals surface area contributed by atoms with Gasteiger partial charge in [0.05, 0.1) is 0 Å². The molecule has 0 saturated carbocycles. The highest BCUT2D eigenvalue weighted by atomic mass is 31.2. The normalized spacial score (nSPS) is 18.6.